The summed E-state index contributed by atoms with van der Waals surface area (Å²) in [7, 11) is 0. The molecular formula is C13H12ClNO2S. The zero-order valence-corrected chi connectivity index (χ0v) is 11.4. The Labute approximate surface area is 114 Å². The van der Waals surface area contributed by atoms with Gasteiger partial charge < -0.3 is 4.74 Å². The number of esters is 1. The Morgan fingerprint density at radius 3 is 2.78 bits per heavy atom. The largest absolute Gasteiger partial charge is 0.465 e. The molecule has 0 bridgehead atoms. The molecule has 0 aliphatic rings. The second-order valence-electron chi connectivity index (χ2n) is 3.74. The SMILES string of the molecule is CC(=O)OCCc1csc(-c2ccc(Cl)cc2)n1. The molecule has 1 aromatic heterocycles. The Kier molecular flexibility index (Phi) is 4.33. The van der Waals surface area contributed by atoms with E-state index < -0.39 is 0 Å². The van der Waals surface area contributed by atoms with E-state index in [4.69, 9.17) is 16.3 Å². The van der Waals surface area contributed by atoms with Crippen LogP contribution < -0.4 is 0 Å². The monoisotopic (exact) mass is 281 g/mol. The van der Waals surface area contributed by atoms with Crippen LogP contribution in [-0.4, -0.2) is 17.6 Å². The summed E-state index contributed by atoms with van der Waals surface area (Å²) in [6.07, 6.45) is 0.643. The van der Waals surface area contributed by atoms with Crippen molar-refractivity contribution in [2.24, 2.45) is 0 Å². The molecule has 0 saturated carbocycles. The van der Waals surface area contributed by atoms with Gasteiger partial charge in [0.15, 0.2) is 0 Å². The quantitative estimate of drug-likeness (QED) is 0.804. The number of thiazole rings is 1. The summed E-state index contributed by atoms with van der Waals surface area (Å²) in [6.45, 7) is 1.78. The maximum atomic E-state index is 10.6. The Morgan fingerprint density at radius 2 is 2.11 bits per heavy atom. The predicted molar refractivity (Wildman–Crippen MR) is 72.9 cm³/mol. The van der Waals surface area contributed by atoms with E-state index in [1.165, 1.54) is 6.92 Å². The van der Waals surface area contributed by atoms with Crippen molar-refractivity contribution in [3.8, 4) is 10.6 Å². The highest BCUT2D eigenvalue weighted by molar-refractivity contribution is 7.13. The third kappa shape index (κ3) is 3.55. The third-order valence-corrected chi connectivity index (χ3v) is 3.50. The van der Waals surface area contributed by atoms with Gasteiger partial charge in [0.2, 0.25) is 0 Å². The standard InChI is InChI=1S/C13H12ClNO2S/c1-9(16)17-7-6-12-8-18-13(15-12)10-2-4-11(14)5-3-10/h2-5,8H,6-7H2,1H3. The molecule has 1 aromatic carbocycles. The molecule has 94 valence electrons. The maximum absolute atomic E-state index is 10.6. The highest BCUT2D eigenvalue weighted by Gasteiger charge is 2.05. The van der Waals surface area contributed by atoms with Gasteiger partial charge in [-0.3, -0.25) is 4.79 Å². The van der Waals surface area contributed by atoms with E-state index in [1.807, 2.05) is 29.6 Å². The van der Waals surface area contributed by atoms with E-state index in [1.54, 1.807) is 11.3 Å². The second kappa shape index (κ2) is 5.98. The molecule has 18 heavy (non-hydrogen) atoms. The Morgan fingerprint density at radius 1 is 1.39 bits per heavy atom. The van der Waals surface area contributed by atoms with Crippen LogP contribution in [0.15, 0.2) is 29.6 Å². The zero-order valence-electron chi connectivity index (χ0n) is 9.85. The minimum atomic E-state index is -0.261. The summed E-state index contributed by atoms with van der Waals surface area (Å²) in [5.41, 5.74) is 1.98. The van der Waals surface area contributed by atoms with Gasteiger partial charge in [0.05, 0.1) is 12.3 Å². The molecule has 2 rings (SSSR count). The second-order valence-corrected chi connectivity index (χ2v) is 5.04. The van der Waals surface area contributed by atoms with Crippen molar-refractivity contribution in [2.75, 3.05) is 6.61 Å². The number of aromatic nitrogens is 1. The van der Waals surface area contributed by atoms with Gasteiger partial charge in [-0.05, 0) is 12.1 Å². The summed E-state index contributed by atoms with van der Waals surface area (Å²) in [4.78, 5) is 15.1. The van der Waals surface area contributed by atoms with Crippen LogP contribution in [0.2, 0.25) is 5.02 Å². The molecule has 0 radical (unpaired) electrons. The van der Waals surface area contributed by atoms with Crippen molar-refractivity contribution in [1.29, 1.82) is 0 Å². The van der Waals surface area contributed by atoms with Gasteiger partial charge in [-0.25, -0.2) is 4.98 Å². The average Bonchev–Trinajstić information content (AvgIpc) is 2.78. The van der Waals surface area contributed by atoms with Crippen LogP contribution in [0.5, 0.6) is 0 Å². The molecule has 0 N–H and O–H groups in total. The van der Waals surface area contributed by atoms with Crippen LogP contribution in [0.1, 0.15) is 12.6 Å². The molecule has 5 heteroatoms. The average molecular weight is 282 g/mol. The fraction of sp³-hybridized carbons (Fsp3) is 0.231. The molecule has 0 aliphatic carbocycles. The van der Waals surface area contributed by atoms with E-state index in [0.29, 0.717) is 18.1 Å². The molecule has 3 nitrogen and oxygen atoms in total. The molecule has 0 spiro atoms. The number of nitrogens with zero attached hydrogens (tertiary/aromatic N) is 1. The first-order chi connectivity index (χ1) is 8.65. The van der Waals surface area contributed by atoms with Gasteiger partial charge in [-0.1, -0.05) is 23.7 Å². The molecule has 1 heterocycles. The van der Waals surface area contributed by atoms with E-state index >= 15 is 0 Å². The molecule has 0 unspecified atom stereocenters. The number of carbonyl (C=O) groups is 1. The molecular weight excluding hydrogens is 270 g/mol. The molecule has 0 amide bonds. The Bertz CT molecular complexity index is 536. The van der Waals surface area contributed by atoms with Gasteiger partial charge in [0, 0.05) is 29.3 Å². The lowest BCUT2D eigenvalue weighted by atomic mass is 10.2. The van der Waals surface area contributed by atoms with Gasteiger partial charge in [-0.2, -0.15) is 0 Å². The smallest absolute Gasteiger partial charge is 0.302 e. The summed E-state index contributed by atoms with van der Waals surface area (Å²) < 4.78 is 4.88. The highest BCUT2D eigenvalue weighted by atomic mass is 35.5. The van der Waals surface area contributed by atoms with Crippen LogP contribution in [-0.2, 0) is 16.0 Å². The minimum absolute atomic E-state index is 0.261. The van der Waals surface area contributed by atoms with Crippen LogP contribution >= 0.6 is 22.9 Å². The molecule has 2 aromatic rings. The van der Waals surface area contributed by atoms with Gasteiger partial charge in [-0.15, -0.1) is 11.3 Å². The van der Waals surface area contributed by atoms with Crippen molar-refractivity contribution in [3.63, 3.8) is 0 Å². The topological polar surface area (TPSA) is 39.2 Å². The fourth-order valence-corrected chi connectivity index (χ4v) is 2.43. The number of benzene rings is 1. The number of ether oxygens (including phenoxy) is 1. The van der Waals surface area contributed by atoms with Crippen molar-refractivity contribution >= 4 is 28.9 Å². The van der Waals surface area contributed by atoms with Gasteiger partial charge >= 0.3 is 5.97 Å². The first-order valence-corrected chi connectivity index (χ1v) is 6.74. The van der Waals surface area contributed by atoms with Crippen LogP contribution in [0.4, 0.5) is 0 Å². The first-order valence-electron chi connectivity index (χ1n) is 5.49. The van der Waals surface area contributed by atoms with Crippen molar-refractivity contribution in [3.05, 3.63) is 40.4 Å². The number of halogens is 1. The van der Waals surface area contributed by atoms with E-state index in [2.05, 4.69) is 4.98 Å². The lowest BCUT2D eigenvalue weighted by molar-refractivity contribution is -0.140. The van der Waals surface area contributed by atoms with E-state index in [0.717, 1.165) is 16.3 Å². The van der Waals surface area contributed by atoms with Crippen molar-refractivity contribution in [2.45, 2.75) is 13.3 Å². The lowest BCUT2D eigenvalue weighted by Gasteiger charge is -1.98. The zero-order chi connectivity index (χ0) is 13.0. The summed E-state index contributed by atoms with van der Waals surface area (Å²) in [5.74, 6) is -0.261. The van der Waals surface area contributed by atoms with Crippen LogP contribution in [0.3, 0.4) is 0 Å². The van der Waals surface area contributed by atoms with E-state index in [-0.39, 0.29) is 5.97 Å². The molecule has 0 fully saturated rings. The summed E-state index contributed by atoms with van der Waals surface area (Å²) in [6, 6.07) is 7.57. The molecule has 0 aliphatic heterocycles. The third-order valence-electron chi connectivity index (χ3n) is 2.31. The van der Waals surface area contributed by atoms with Crippen molar-refractivity contribution < 1.29 is 9.53 Å². The van der Waals surface area contributed by atoms with Crippen LogP contribution in [0.25, 0.3) is 10.6 Å². The predicted octanol–water partition coefficient (Wildman–Crippen LogP) is 3.57. The summed E-state index contributed by atoms with van der Waals surface area (Å²) in [5, 5.41) is 3.64. The van der Waals surface area contributed by atoms with Crippen LogP contribution in [0, 0.1) is 0 Å². The normalized spacial score (nSPS) is 10.3. The summed E-state index contributed by atoms with van der Waals surface area (Å²) >= 11 is 7.41. The van der Waals surface area contributed by atoms with Gasteiger partial charge in [0.1, 0.15) is 5.01 Å². The number of rotatable bonds is 4. The molecule has 0 saturated heterocycles. The number of carbonyl (C=O) groups excluding carboxylic acids is 1. The number of hydrogen-bond donors (Lipinski definition) is 0. The molecule has 0 atom stereocenters. The Balaban J connectivity index is 2.01. The highest BCUT2D eigenvalue weighted by Crippen LogP contribution is 2.25. The first kappa shape index (κ1) is 13.1. The number of hydrogen-bond acceptors (Lipinski definition) is 4. The lowest BCUT2D eigenvalue weighted by Crippen LogP contribution is -2.03. The van der Waals surface area contributed by atoms with Crippen molar-refractivity contribution in [1.82, 2.24) is 4.98 Å². The minimum Gasteiger partial charge on any atom is -0.465 e. The van der Waals surface area contributed by atoms with E-state index in [9.17, 15) is 4.79 Å². The Hall–Kier alpha value is -1.39. The fourth-order valence-electron chi connectivity index (χ4n) is 1.45. The van der Waals surface area contributed by atoms with Gasteiger partial charge in [0.25, 0.3) is 0 Å². The maximum Gasteiger partial charge on any atom is 0.302 e.